The molecule has 2 aromatic heterocycles. The first-order valence-corrected chi connectivity index (χ1v) is 7.42. The molecule has 0 saturated carbocycles. The summed E-state index contributed by atoms with van der Waals surface area (Å²) in [6.07, 6.45) is 2.99. The number of allylic oxidation sites excluding steroid dienone is 1. The summed E-state index contributed by atoms with van der Waals surface area (Å²) < 4.78 is 12.3. The van der Waals surface area contributed by atoms with E-state index in [0.717, 1.165) is 22.7 Å². The van der Waals surface area contributed by atoms with Crippen molar-refractivity contribution in [2.75, 3.05) is 6.61 Å². The summed E-state index contributed by atoms with van der Waals surface area (Å²) in [7, 11) is 0. The lowest BCUT2D eigenvalue weighted by Gasteiger charge is -2.08. The summed E-state index contributed by atoms with van der Waals surface area (Å²) in [5, 5.41) is 0. The van der Waals surface area contributed by atoms with Crippen LogP contribution in [0, 0.1) is 13.8 Å². The second kappa shape index (κ2) is 7.13. The van der Waals surface area contributed by atoms with Gasteiger partial charge in [-0.2, -0.15) is 0 Å². The highest BCUT2D eigenvalue weighted by Crippen LogP contribution is 2.18. The van der Waals surface area contributed by atoms with Crippen LogP contribution in [0.4, 0.5) is 0 Å². The summed E-state index contributed by atoms with van der Waals surface area (Å²) in [5.41, 5.74) is 3.19. The number of nitrogens with zero attached hydrogens (tertiary/aromatic N) is 1. The second-order valence-electron chi connectivity index (χ2n) is 5.70. The van der Waals surface area contributed by atoms with Gasteiger partial charge in [-0.15, -0.1) is 0 Å². The second-order valence-corrected chi connectivity index (χ2v) is 5.70. The molecule has 0 unspecified atom stereocenters. The first-order valence-electron chi connectivity index (χ1n) is 7.42. The Labute approximate surface area is 135 Å². The Morgan fingerprint density at radius 3 is 2.65 bits per heavy atom. The van der Waals surface area contributed by atoms with Gasteiger partial charge in [-0.25, -0.2) is 4.79 Å². The number of furan rings is 1. The molecular weight excluding hydrogens is 294 g/mol. The molecule has 122 valence electrons. The first kappa shape index (κ1) is 16.8. The number of ketones is 1. The molecule has 0 saturated heterocycles. The van der Waals surface area contributed by atoms with Crippen molar-refractivity contribution in [2.24, 2.45) is 0 Å². The number of aromatic nitrogens is 1. The van der Waals surface area contributed by atoms with Crippen LogP contribution in [0.25, 0.3) is 0 Å². The highest BCUT2D eigenvalue weighted by Gasteiger charge is 2.17. The summed E-state index contributed by atoms with van der Waals surface area (Å²) >= 11 is 0. The van der Waals surface area contributed by atoms with Crippen LogP contribution in [0.1, 0.15) is 41.4 Å². The zero-order valence-corrected chi connectivity index (χ0v) is 13.9. The molecule has 0 aliphatic rings. The number of hydrogen-bond acceptors (Lipinski definition) is 4. The minimum absolute atomic E-state index is 0.209. The Balaban J connectivity index is 2.09. The van der Waals surface area contributed by atoms with Gasteiger partial charge < -0.3 is 13.7 Å². The van der Waals surface area contributed by atoms with Crippen molar-refractivity contribution in [3.05, 3.63) is 58.8 Å². The molecule has 5 heteroatoms. The van der Waals surface area contributed by atoms with Crippen LogP contribution in [0.3, 0.4) is 0 Å². The molecule has 0 N–H and O–H groups in total. The molecule has 0 radical (unpaired) electrons. The third kappa shape index (κ3) is 4.22. The number of Topliss-reactive ketones (excluding diaryl/α,β-unsaturated/α-hetero) is 1. The van der Waals surface area contributed by atoms with Crippen LogP contribution < -0.4 is 0 Å². The van der Waals surface area contributed by atoms with E-state index in [1.807, 2.05) is 36.6 Å². The molecule has 0 bridgehead atoms. The zero-order chi connectivity index (χ0) is 17.0. The minimum atomic E-state index is -0.497. The summed E-state index contributed by atoms with van der Waals surface area (Å²) in [5.74, 6) is 0.114. The van der Waals surface area contributed by atoms with Crippen molar-refractivity contribution in [3.63, 3.8) is 0 Å². The fourth-order valence-electron chi connectivity index (χ4n) is 2.38. The lowest BCUT2D eigenvalue weighted by atomic mass is 10.1. The van der Waals surface area contributed by atoms with E-state index >= 15 is 0 Å². The van der Waals surface area contributed by atoms with Gasteiger partial charge in [0.25, 0.3) is 0 Å². The molecule has 0 atom stereocenters. The molecule has 5 nitrogen and oxygen atoms in total. The van der Waals surface area contributed by atoms with Crippen molar-refractivity contribution in [1.29, 1.82) is 0 Å². The van der Waals surface area contributed by atoms with Gasteiger partial charge in [0.1, 0.15) is 5.76 Å². The maximum atomic E-state index is 12.3. The number of hydrogen-bond donors (Lipinski definition) is 0. The molecule has 0 amide bonds. The Kier molecular flexibility index (Phi) is 5.21. The van der Waals surface area contributed by atoms with Crippen LogP contribution in [0.5, 0.6) is 0 Å². The molecule has 0 aliphatic heterocycles. The van der Waals surface area contributed by atoms with Gasteiger partial charge in [-0.3, -0.25) is 4.79 Å². The van der Waals surface area contributed by atoms with E-state index in [9.17, 15) is 9.59 Å². The fourth-order valence-corrected chi connectivity index (χ4v) is 2.38. The molecule has 0 spiro atoms. The zero-order valence-electron chi connectivity index (χ0n) is 13.9. The van der Waals surface area contributed by atoms with Crippen LogP contribution in [-0.2, 0) is 16.1 Å². The third-order valence-electron chi connectivity index (χ3n) is 3.52. The van der Waals surface area contributed by atoms with Gasteiger partial charge in [0.2, 0.25) is 5.78 Å². The van der Waals surface area contributed by atoms with Gasteiger partial charge in [-0.1, -0.05) is 5.57 Å². The number of carbonyl (C=O) groups is 2. The van der Waals surface area contributed by atoms with Crippen LogP contribution in [-0.4, -0.2) is 22.9 Å². The largest absolute Gasteiger partial charge is 0.467 e. The topological polar surface area (TPSA) is 61.4 Å². The lowest BCUT2D eigenvalue weighted by Crippen LogP contribution is -2.14. The highest BCUT2D eigenvalue weighted by molar-refractivity contribution is 5.99. The predicted molar refractivity (Wildman–Crippen MR) is 86.4 cm³/mol. The van der Waals surface area contributed by atoms with Crippen molar-refractivity contribution >= 4 is 11.8 Å². The Bertz CT molecular complexity index is 731. The monoisotopic (exact) mass is 315 g/mol. The predicted octanol–water partition coefficient (Wildman–Crippen LogP) is 3.44. The van der Waals surface area contributed by atoms with Crippen molar-refractivity contribution in [2.45, 2.75) is 34.2 Å². The Hall–Kier alpha value is -2.56. The number of esters is 1. The molecule has 0 aromatic carbocycles. The highest BCUT2D eigenvalue weighted by atomic mass is 16.5. The molecule has 2 aromatic rings. The number of carbonyl (C=O) groups excluding carboxylic acids is 2. The van der Waals surface area contributed by atoms with Crippen molar-refractivity contribution < 1.29 is 18.7 Å². The van der Waals surface area contributed by atoms with E-state index in [1.165, 1.54) is 6.08 Å². The molecule has 2 rings (SSSR count). The maximum Gasteiger partial charge on any atom is 0.331 e. The fraction of sp³-hybridized carbons (Fsp3) is 0.333. The van der Waals surface area contributed by atoms with Gasteiger partial charge in [0.05, 0.1) is 12.8 Å². The van der Waals surface area contributed by atoms with Gasteiger partial charge in [0, 0.05) is 23.0 Å². The summed E-state index contributed by atoms with van der Waals surface area (Å²) in [6.45, 7) is 7.71. The first-order chi connectivity index (χ1) is 10.9. The van der Waals surface area contributed by atoms with Gasteiger partial charge in [-0.05, 0) is 45.9 Å². The average molecular weight is 315 g/mol. The van der Waals surface area contributed by atoms with E-state index in [1.54, 1.807) is 20.1 Å². The van der Waals surface area contributed by atoms with Crippen LogP contribution >= 0.6 is 0 Å². The molecular formula is C18H21NO4. The standard InChI is InChI=1S/C18H21NO4/c1-12(2)8-18(21)23-11-17(20)16-9-13(3)19(14(16)4)10-15-6-5-7-22-15/h5-9H,10-11H2,1-4H3. The normalized spacial score (nSPS) is 10.4. The molecule has 23 heavy (non-hydrogen) atoms. The lowest BCUT2D eigenvalue weighted by molar-refractivity contribution is -0.136. The quantitative estimate of drug-likeness (QED) is 0.465. The van der Waals surface area contributed by atoms with E-state index < -0.39 is 5.97 Å². The molecule has 2 heterocycles. The van der Waals surface area contributed by atoms with E-state index in [4.69, 9.17) is 9.15 Å². The van der Waals surface area contributed by atoms with Gasteiger partial charge in [0.15, 0.2) is 6.61 Å². The van der Waals surface area contributed by atoms with Crippen molar-refractivity contribution in [3.8, 4) is 0 Å². The van der Waals surface area contributed by atoms with Gasteiger partial charge >= 0.3 is 5.97 Å². The van der Waals surface area contributed by atoms with Crippen LogP contribution in [0.15, 0.2) is 40.5 Å². The average Bonchev–Trinajstić information content (AvgIpc) is 3.08. The Morgan fingerprint density at radius 2 is 2.04 bits per heavy atom. The minimum Gasteiger partial charge on any atom is -0.467 e. The third-order valence-corrected chi connectivity index (χ3v) is 3.52. The number of rotatable bonds is 6. The smallest absolute Gasteiger partial charge is 0.331 e. The number of aryl methyl sites for hydroxylation is 1. The van der Waals surface area contributed by atoms with Crippen molar-refractivity contribution in [1.82, 2.24) is 4.57 Å². The van der Waals surface area contributed by atoms with Crippen LogP contribution in [0.2, 0.25) is 0 Å². The number of ether oxygens (including phenoxy) is 1. The van der Waals surface area contributed by atoms with E-state index in [0.29, 0.717) is 12.1 Å². The summed E-state index contributed by atoms with van der Waals surface area (Å²) in [6, 6.07) is 5.54. The molecule has 0 aliphatic carbocycles. The maximum absolute atomic E-state index is 12.3. The summed E-state index contributed by atoms with van der Waals surface area (Å²) in [4.78, 5) is 23.8. The van der Waals surface area contributed by atoms with E-state index in [-0.39, 0.29) is 12.4 Å². The van der Waals surface area contributed by atoms with E-state index in [2.05, 4.69) is 0 Å². The molecule has 0 fully saturated rings. The SMILES string of the molecule is CC(C)=CC(=O)OCC(=O)c1cc(C)n(Cc2ccco2)c1C. The Morgan fingerprint density at radius 1 is 1.30 bits per heavy atom.